The molecule has 10 heteroatoms. The fourth-order valence-electron chi connectivity index (χ4n) is 5.64. The summed E-state index contributed by atoms with van der Waals surface area (Å²) >= 11 is 0. The van der Waals surface area contributed by atoms with Gasteiger partial charge in [0.15, 0.2) is 0 Å². The average molecular weight is 436 g/mol. The van der Waals surface area contributed by atoms with Crippen LogP contribution in [0.25, 0.3) is 0 Å². The summed E-state index contributed by atoms with van der Waals surface area (Å²) in [6.45, 7) is 3.27. The second-order valence-corrected chi connectivity index (χ2v) is 9.22. The monoisotopic (exact) mass is 435 g/mol. The summed E-state index contributed by atoms with van der Waals surface area (Å²) in [6, 6.07) is -0.0414. The molecule has 0 spiro atoms. The Morgan fingerprint density at radius 1 is 1.06 bits per heavy atom. The first-order chi connectivity index (χ1) is 14.9. The molecule has 172 valence electrons. The number of esters is 1. The maximum Gasteiger partial charge on any atom is 0.325 e. The van der Waals surface area contributed by atoms with Gasteiger partial charge in [0, 0.05) is 51.2 Å². The minimum absolute atomic E-state index is 0.0238. The van der Waals surface area contributed by atoms with Crippen molar-refractivity contribution in [2.75, 3.05) is 46.4 Å². The number of methoxy groups -OCH3 is 1. The molecule has 4 heterocycles. The van der Waals surface area contributed by atoms with E-state index in [1.54, 1.807) is 0 Å². The maximum absolute atomic E-state index is 13.2. The fraction of sp³-hybridized carbons (Fsp3) is 0.810. The maximum atomic E-state index is 13.2. The van der Waals surface area contributed by atoms with Gasteiger partial charge in [-0.3, -0.25) is 9.59 Å². The van der Waals surface area contributed by atoms with Gasteiger partial charge in [-0.1, -0.05) is 0 Å². The van der Waals surface area contributed by atoms with E-state index >= 15 is 0 Å². The number of urea groups is 2. The number of hydrogen-bond acceptors (Lipinski definition) is 5. The largest absolute Gasteiger partial charge is 0.468 e. The van der Waals surface area contributed by atoms with Crippen molar-refractivity contribution in [3.8, 4) is 0 Å². The van der Waals surface area contributed by atoms with Crippen LogP contribution in [0.5, 0.6) is 0 Å². The topological polar surface area (TPSA) is 111 Å². The molecule has 0 aromatic rings. The molecule has 2 N–H and O–H groups in total. The Bertz CT molecular complexity index is 723. The van der Waals surface area contributed by atoms with Crippen LogP contribution in [0.1, 0.15) is 38.5 Å². The summed E-state index contributed by atoms with van der Waals surface area (Å²) in [5, 5.41) is 5.33. The Labute approximate surface area is 182 Å². The van der Waals surface area contributed by atoms with Gasteiger partial charge in [0.2, 0.25) is 5.91 Å². The quantitative estimate of drug-likeness (QED) is 0.623. The number of hydrogen-bond donors (Lipinski definition) is 2. The number of ether oxygens (including phenoxy) is 1. The van der Waals surface area contributed by atoms with Gasteiger partial charge in [0.25, 0.3) is 0 Å². The zero-order valence-electron chi connectivity index (χ0n) is 18.2. The molecular weight excluding hydrogens is 402 g/mol. The summed E-state index contributed by atoms with van der Waals surface area (Å²) in [5.41, 5.74) is 0. The van der Waals surface area contributed by atoms with Crippen molar-refractivity contribution in [3.05, 3.63) is 0 Å². The second-order valence-electron chi connectivity index (χ2n) is 9.22. The van der Waals surface area contributed by atoms with Crippen molar-refractivity contribution >= 4 is 23.9 Å². The molecule has 4 fully saturated rings. The van der Waals surface area contributed by atoms with Crippen LogP contribution < -0.4 is 10.6 Å². The van der Waals surface area contributed by atoms with Crippen LogP contribution in [-0.4, -0.2) is 97.1 Å². The number of piperidine rings is 4. The van der Waals surface area contributed by atoms with Gasteiger partial charge in [0.05, 0.1) is 7.11 Å². The molecule has 10 nitrogen and oxygen atoms in total. The Balaban J connectivity index is 1.24. The highest BCUT2D eigenvalue weighted by atomic mass is 16.5. The average Bonchev–Trinajstić information content (AvgIpc) is 2.78. The molecule has 31 heavy (non-hydrogen) atoms. The Hall–Kier alpha value is -2.52. The molecule has 2 bridgehead atoms. The van der Waals surface area contributed by atoms with E-state index in [0.29, 0.717) is 50.2 Å². The predicted molar refractivity (Wildman–Crippen MR) is 111 cm³/mol. The number of fused-ring (bicyclic) bond motifs is 4. The van der Waals surface area contributed by atoms with Crippen LogP contribution in [0, 0.1) is 11.8 Å². The molecule has 0 unspecified atom stereocenters. The first-order valence-corrected chi connectivity index (χ1v) is 11.4. The molecule has 5 amide bonds. The van der Waals surface area contributed by atoms with Crippen LogP contribution in [0.15, 0.2) is 0 Å². The number of rotatable bonds is 3. The predicted octanol–water partition coefficient (Wildman–Crippen LogP) is 0.376. The van der Waals surface area contributed by atoms with Crippen molar-refractivity contribution in [1.29, 1.82) is 0 Å². The highest BCUT2D eigenvalue weighted by molar-refractivity contribution is 5.81. The zero-order valence-corrected chi connectivity index (χ0v) is 18.2. The van der Waals surface area contributed by atoms with Gasteiger partial charge in [-0.25, -0.2) is 9.59 Å². The number of nitrogens with one attached hydrogen (secondary N) is 2. The van der Waals surface area contributed by atoms with E-state index in [9.17, 15) is 19.2 Å². The second kappa shape index (κ2) is 9.32. The molecule has 3 atom stereocenters. The summed E-state index contributed by atoms with van der Waals surface area (Å²) in [6.07, 6.45) is 5.17. The van der Waals surface area contributed by atoms with E-state index in [2.05, 4.69) is 20.3 Å². The molecule has 4 aliphatic heterocycles. The number of likely N-dealkylation sites (tertiary alicyclic amines) is 2. The number of carbonyl (C=O) groups excluding carboxylic acids is 4. The SMILES string of the molecule is COC(=O)CNC(=O)NC1CCN(C(=O)N2C[C@H]3C[C@H](C2)[C@H]2CCCC(=O)N2C3)CC1. The highest BCUT2D eigenvalue weighted by Crippen LogP contribution is 2.38. The third-order valence-electron chi connectivity index (χ3n) is 7.17. The van der Waals surface area contributed by atoms with Gasteiger partial charge in [-0.15, -0.1) is 0 Å². The van der Waals surface area contributed by atoms with Crippen molar-refractivity contribution in [3.63, 3.8) is 0 Å². The number of carbonyl (C=O) groups is 4. The first-order valence-electron chi connectivity index (χ1n) is 11.4. The molecule has 4 aliphatic rings. The van der Waals surface area contributed by atoms with E-state index in [4.69, 9.17) is 0 Å². The van der Waals surface area contributed by atoms with Crippen molar-refractivity contribution < 1.29 is 23.9 Å². The van der Waals surface area contributed by atoms with E-state index in [0.717, 1.165) is 38.9 Å². The van der Waals surface area contributed by atoms with Gasteiger partial charge in [-0.2, -0.15) is 0 Å². The minimum Gasteiger partial charge on any atom is -0.468 e. The Kier molecular flexibility index (Phi) is 6.52. The Morgan fingerprint density at radius 3 is 2.58 bits per heavy atom. The lowest BCUT2D eigenvalue weighted by Gasteiger charge is -2.53. The first kappa shape index (κ1) is 21.7. The summed E-state index contributed by atoms with van der Waals surface area (Å²) in [5.74, 6) is 0.552. The minimum atomic E-state index is -0.498. The van der Waals surface area contributed by atoms with Crippen molar-refractivity contribution in [2.45, 2.75) is 50.6 Å². The van der Waals surface area contributed by atoms with Gasteiger partial charge in [0.1, 0.15) is 6.54 Å². The van der Waals surface area contributed by atoms with E-state index in [1.807, 2.05) is 9.80 Å². The molecule has 0 aromatic carbocycles. The fourth-order valence-corrected chi connectivity index (χ4v) is 5.64. The zero-order chi connectivity index (χ0) is 22.0. The molecule has 0 radical (unpaired) electrons. The summed E-state index contributed by atoms with van der Waals surface area (Å²) in [7, 11) is 1.27. The van der Waals surface area contributed by atoms with Crippen molar-refractivity contribution in [1.82, 2.24) is 25.3 Å². The summed E-state index contributed by atoms with van der Waals surface area (Å²) < 4.78 is 4.50. The molecule has 4 rings (SSSR count). The molecule has 0 aromatic heterocycles. The van der Waals surface area contributed by atoms with Crippen LogP contribution >= 0.6 is 0 Å². The molecule has 4 saturated heterocycles. The molecule has 0 aliphatic carbocycles. The lowest BCUT2D eigenvalue weighted by atomic mass is 9.76. The Morgan fingerprint density at radius 2 is 1.84 bits per heavy atom. The molecular formula is C21H33N5O5. The van der Waals surface area contributed by atoms with Crippen LogP contribution in [0.4, 0.5) is 9.59 Å². The van der Waals surface area contributed by atoms with E-state index in [-0.39, 0.29) is 24.5 Å². The van der Waals surface area contributed by atoms with Crippen molar-refractivity contribution in [2.24, 2.45) is 11.8 Å². The third-order valence-corrected chi connectivity index (χ3v) is 7.17. The molecule has 0 saturated carbocycles. The smallest absolute Gasteiger partial charge is 0.325 e. The van der Waals surface area contributed by atoms with E-state index in [1.165, 1.54) is 7.11 Å². The highest BCUT2D eigenvalue weighted by Gasteiger charge is 2.45. The standard InChI is InChI=1S/C21H33N5O5/c1-31-19(28)10-22-20(29)23-16-5-7-24(8-6-16)21(30)25-11-14-9-15(13-25)17-3-2-4-18(27)26(17)12-14/h14-17H,2-13H2,1H3,(H2,22,23,29)/t14-,15-,17-/m1/s1. The van der Waals surface area contributed by atoms with Gasteiger partial charge >= 0.3 is 18.0 Å². The number of nitrogens with zero attached hydrogens (tertiary/aromatic N) is 3. The number of amides is 5. The van der Waals surface area contributed by atoms with Crippen LogP contribution in [0.3, 0.4) is 0 Å². The lowest BCUT2D eigenvalue weighted by Crippen LogP contribution is -2.62. The third kappa shape index (κ3) is 4.88. The van der Waals surface area contributed by atoms with Gasteiger partial charge in [-0.05, 0) is 43.9 Å². The normalized spacial score (nSPS) is 28.6. The van der Waals surface area contributed by atoms with E-state index < -0.39 is 12.0 Å². The summed E-state index contributed by atoms with van der Waals surface area (Å²) in [4.78, 5) is 54.4. The van der Waals surface area contributed by atoms with Gasteiger partial charge < -0.3 is 30.1 Å². The lowest BCUT2D eigenvalue weighted by molar-refractivity contribution is -0.144. The van der Waals surface area contributed by atoms with Crippen LogP contribution in [-0.2, 0) is 14.3 Å². The van der Waals surface area contributed by atoms with Crippen LogP contribution in [0.2, 0.25) is 0 Å².